The molecule has 8 nitrogen and oxygen atoms in total. The summed E-state index contributed by atoms with van der Waals surface area (Å²) in [6.07, 6.45) is 12.0. The van der Waals surface area contributed by atoms with Crippen molar-refractivity contribution < 1.29 is 19.1 Å². The number of nitrogens with zero attached hydrogens (tertiary/aromatic N) is 2. The monoisotopic (exact) mass is 614 g/mol. The van der Waals surface area contributed by atoms with Crippen LogP contribution < -0.4 is 15.4 Å². The first-order chi connectivity index (χ1) is 20.5. The maximum atomic E-state index is 14.3. The number of carbonyl (C=O) groups is 3. The minimum atomic E-state index is -0.813. The normalized spacial score (nSPS) is 21.1. The Morgan fingerprint density at radius 1 is 0.952 bits per heavy atom. The Bertz CT molecular complexity index is 1160. The molecular weight excluding hydrogens is 572 g/mol. The van der Waals surface area contributed by atoms with Gasteiger partial charge < -0.3 is 25.2 Å². The van der Waals surface area contributed by atoms with Crippen molar-refractivity contribution in [1.29, 1.82) is 0 Å². The van der Waals surface area contributed by atoms with E-state index in [1.807, 2.05) is 17.5 Å². The second kappa shape index (κ2) is 15.2. The number of hydrogen-bond acceptors (Lipinski definition) is 6. The Morgan fingerprint density at radius 2 is 1.69 bits per heavy atom. The first-order valence-electron chi connectivity index (χ1n) is 15.6. The lowest BCUT2D eigenvalue weighted by molar-refractivity contribution is -0.145. The van der Waals surface area contributed by atoms with Gasteiger partial charge >= 0.3 is 6.09 Å². The number of para-hydroxylation sites is 1. The Labute approximate surface area is 258 Å². The SMILES string of the molecule is O=C(NCc1cccs1)[C@@H]1CN(C(=O)Oc2ccccc2Cl)CCN1C(=O)[C@@H](CC1CCCCC1)NC1CCCCC1. The number of carbonyl (C=O) groups excluding carboxylic acids is 3. The molecule has 228 valence electrons. The van der Waals surface area contributed by atoms with E-state index in [2.05, 4.69) is 10.6 Å². The Hall–Kier alpha value is -2.62. The van der Waals surface area contributed by atoms with Gasteiger partial charge in [-0.3, -0.25) is 9.59 Å². The van der Waals surface area contributed by atoms with Crippen LogP contribution in [-0.4, -0.2) is 65.5 Å². The Morgan fingerprint density at radius 3 is 2.40 bits per heavy atom. The number of benzene rings is 1. The van der Waals surface area contributed by atoms with Crippen molar-refractivity contribution in [2.24, 2.45) is 5.92 Å². The van der Waals surface area contributed by atoms with Crippen LogP contribution >= 0.6 is 22.9 Å². The third-order valence-corrected chi connectivity index (χ3v) is 10.1. The van der Waals surface area contributed by atoms with E-state index in [0.717, 1.165) is 37.0 Å². The van der Waals surface area contributed by atoms with Gasteiger partial charge in [0.25, 0.3) is 0 Å². The molecule has 10 heteroatoms. The molecular formula is C32H43ClN4O4S. The van der Waals surface area contributed by atoms with Gasteiger partial charge in [-0.15, -0.1) is 11.3 Å². The highest BCUT2D eigenvalue weighted by Crippen LogP contribution is 2.30. The van der Waals surface area contributed by atoms with Crippen LogP contribution in [0.2, 0.25) is 5.02 Å². The Balaban J connectivity index is 1.32. The maximum absolute atomic E-state index is 14.3. The lowest BCUT2D eigenvalue weighted by atomic mass is 9.83. The number of rotatable bonds is 9. The third kappa shape index (κ3) is 8.26. The van der Waals surface area contributed by atoms with E-state index in [9.17, 15) is 14.4 Å². The molecule has 3 aliphatic rings. The number of piperazine rings is 1. The molecule has 0 unspecified atom stereocenters. The van der Waals surface area contributed by atoms with Crippen LogP contribution in [0.5, 0.6) is 5.75 Å². The van der Waals surface area contributed by atoms with Crippen molar-refractivity contribution >= 4 is 40.8 Å². The highest BCUT2D eigenvalue weighted by molar-refractivity contribution is 7.09. The maximum Gasteiger partial charge on any atom is 0.415 e. The summed E-state index contributed by atoms with van der Waals surface area (Å²) in [6.45, 7) is 0.986. The molecule has 0 radical (unpaired) electrons. The van der Waals surface area contributed by atoms with Gasteiger partial charge in [0.15, 0.2) is 5.75 Å². The molecule has 1 aromatic carbocycles. The van der Waals surface area contributed by atoms with Crippen LogP contribution in [0.4, 0.5) is 4.79 Å². The van der Waals surface area contributed by atoms with Crippen LogP contribution in [-0.2, 0) is 16.1 Å². The van der Waals surface area contributed by atoms with E-state index in [0.29, 0.717) is 23.5 Å². The zero-order valence-electron chi connectivity index (χ0n) is 24.3. The van der Waals surface area contributed by atoms with Crippen molar-refractivity contribution in [3.8, 4) is 5.75 Å². The lowest BCUT2D eigenvalue weighted by Gasteiger charge is -2.42. The summed E-state index contributed by atoms with van der Waals surface area (Å²) in [5.74, 6) is 0.495. The summed E-state index contributed by atoms with van der Waals surface area (Å²) in [5.41, 5.74) is 0. The first kappa shape index (κ1) is 30.8. The standard InChI is InChI=1S/C32H43ClN4O4S/c33-26-15-7-8-16-29(26)41-32(40)36-17-18-37(28(22-36)30(38)34-21-25-14-9-19-42-25)31(39)27(20-23-10-3-1-4-11-23)35-24-12-5-2-6-13-24/h7-9,14-16,19,23-24,27-28,35H,1-6,10-13,17-18,20-22H2,(H,34,38)/t27-,28+/m1/s1. The first-order valence-corrected chi connectivity index (χ1v) is 16.8. The van der Waals surface area contributed by atoms with Gasteiger partial charge in [-0.1, -0.05) is 81.2 Å². The molecule has 2 saturated carbocycles. The van der Waals surface area contributed by atoms with E-state index in [1.54, 1.807) is 40.5 Å². The van der Waals surface area contributed by atoms with Gasteiger partial charge in [-0.2, -0.15) is 0 Å². The molecule has 2 aromatic rings. The zero-order valence-corrected chi connectivity index (χ0v) is 25.8. The summed E-state index contributed by atoms with van der Waals surface area (Å²) in [5, 5.41) is 9.07. The van der Waals surface area contributed by atoms with E-state index < -0.39 is 12.1 Å². The van der Waals surface area contributed by atoms with Crippen molar-refractivity contribution in [3.05, 3.63) is 51.7 Å². The molecule has 2 N–H and O–H groups in total. The van der Waals surface area contributed by atoms with Crippen molar-refractivity contribution in [2.75, 3.05) is 19.6 Å². The number of halogens is 1. The van der Waals surface area contributed by atoms with E-state index in [1.165, 1.54) is 43.4 Å². The fourth-order valence-corrected chi connectivity index (χ4v) is 7.40. The number of amides is 3. The number of nitrogens with one attached hydrogen (secondary N) is 2. The summed E-state index contributed by atoms with van der Waals surface area (Å²) in [6, 6.07) is 9.91. The fraction of sp³-hybridized carbons (Fsp3) is 0.594. The molecule has 5 rings (SSSR count). The molecule has 1 saturated heterocycles. The van der Waals surface area contributed by atoms with Crippen molar-refractivity contribution in [1.82, 2.24) is 20.4 Å². The summed E-state index contributed by atoms with van der Waals surface area (Å²) < 4.78 is 5.58. The van der Waals surface area contributed by atoms with Crippen molar-refractivity contribution in [3.63, 3.8) is 0 Å². The van der Waals surface area contributed by atoms with Gasteiger partial charge in [-0.05, 0) is 48.8 Å². The van der Waals surface area contributed by atoms with Gasteiger partial charge in [0.2, 0.25) is 11.8 Å². The van der Waals surface area contributed by atoms with Crippen LogP contribution in [0.3, 0.4) is 0 Å². The number of thiophene rings is 1. The summed E-state index contributed by atoms with van der Waals surface area (Å²) in [4.78, 5) is 45.4. The van der Waals surface area contributed by atoms with Gasteiger partial charge in [0, 0.05) is 24.0 Å². The average Bonchev–Trinajstić information content (AvgIpc) is 3.55. The molecule has 0 bridgehead atoms. The summed E-state index contributed by atoms with van der Waals surface area (Å²) in [7, 11) is 0. The third-order valence-electron chi connectivity index (χ3n) is 8.91. The molecule has 2 aliphatic carbocycles. The van der Waals surface area contributed by atoms with Crippen LogP contribution in [0.15, 0.2) is 41.8 Å². The van der Waals surface area contributed by atoms with E-state index in [4.69, 9.17) is 16.3 Å². The molecule has 0 spiro atoms. The highest BCUT2D eigenvalue weighted by Gasteiger charge is 2.41. The predicted octanol–water partition coefficient (Wildman–Crippen LogP) is 5.99. The quantitative estimate of drug-likeness (QED) is 0.362. The van der Waals surface area contributed by atoms with Crippen molar-refractivity contribution in [2.45, 2.75) is 95.3 Å². The van der Waals surface area contributed by atoms with Gasteiger partial charge in [0.05, 0.1) is 24.2 Å². The molecule has 1 aromatic heterocycles. The van der Waals surface area contributed by atoms with Gasteiger partial charge in [-0.25, -0.2) is 4.79 Å². The van der Waals surface area contributed by atoms with E-state index >= 15 is 0 Å². The van der Waals surface area contributed by atoms with E-state index in [-0.39, 0.29) is 43.2 Å². The van der Waals surface area contributed by atoms with Crippen LogP contribution in [0.25, 0.3) is 0 Å². The molecule has 42 heavy (non-hydrogen) atoms. The second-order valence-electron chi connectivity index (χ2n) is 11.9. The fourth-order valence-electron chi connectivity index (χ4n) is 6.58. The minimum Gasteiger partial charge on any atom is -0.409 e. The number of hydrogen-bond donors (Lipinski definition) is 2. The highest BCUT2D eigenvalue weighted by atomic mass is 35.5. The number of ether oxygens (including phenoxy) is 1. The smallest absolute Gasteiger partial charge is 0.409 e. The zero-order chi connectivity index (χ0) is 29.3. The molecule has 2 heterocycles. The average molecular weight is 615 g/mol. The largest absolute Gasteiger partial charge is 0.415 e. The molecule has 3 amide bonds. The molecule has 2 atom stereocenters. The van der Waals surface area contributed by atoms with Crippen LogP contribution in [0.1, 0.15) is 75.5 Å². The Kier molecular flexibility index (Phi) is 11.2. The lowest BCUT2D eigenvalue weighted by Crippen LogP contribution is -2.64. The summed E-state index contributed by atoms with van der Waals surface area (Å²) >= 11 is 7.79. The van der Waals surface area contributed by atoms with Gasteiger partial charge in [0.1, 0.15) is 6.04 Å². The molecule has 1 aliphatic heterocycles. The second-order valence-corrected chi connectivity index (χ2v) is 13.3. The molecule has 3 fully saturated rings. The topological polar surface area (TPSA) is 91.0 Å². The predicted molar refractivity (Wildman–Crippen MR) is 166 cm³/mol. The minimum absolute atomic E-state index is 0.0264. The van der Waals surface area contributed by atoms with Crippen LogP contribution in [0, 0.1) is 5.92 Å².